The maximum absolute atomic E-state index is 12.3. The molecule has 0 bridgehead atoms. The molecule has 7 nitrogen and oxygen atoms in total. The summed E-state index contributed by atoms with van der Waals surface area (Å²) in [5, 5.41) is 2.89. The maximum atomic E-state index is 12.3. The van der Waals surface area contributed by atoms with Crippen molar-refractivity contribution in [2.75, 3.05) is 41.1 Å². The maximum Gasteiger partial charge on any atom is 0.244 e. The van der Waals surface area contributed by atoms with Crippen molar-refractivity contribution in [3.8, 4) is 28.7 Å². The van der Waals surface area contributed by atoms with E-state index in [1.54, 1.807) is 39.5 Å². The van der Waals surface area contributed by atoms with E-state index in [0.717, 1.165) is 11.3 Å². The first kappa shape index (κ1) is 23.9. The van der Waals surface area contributed by atoms with Gasteiger partial charge in [0.15, 0.2) is 23.0 Å². The molecular weight excluding hydrogens is 398 g/mol. The van der Waals surface area contributed by atoms with Crippen molar-refractivity contribution in [3.05, 3.63) is 47.5 Å². The monoisotopic (exact) mass is 429 g/mol. The van der Waals surface area contributed by atoms with E-state index in [9.17, 15) is 4.79 Å². The van der Waals surface area contributed by atoms with Crippen LogP contribution in [0.3, 0.4) is 0 Å². The van der Waals surface area contributed by atoms with Crippen LogP contribution in [-0.4, -0.2) is 47.0 Å². The Morgan fingerprint density at radius 1 is 0.839 bits per heavy atom. The third kappa shape index (κ3) is 6.84. The molecule has 0 saturated carbocycles. The fourth-order valence-electron chi connectivity index (χ4n) is 2.99. The highest BCUT2D eigenvalue weighted by molar-refractivity contribution is 5.92. The first-order chi connectivity index (χ1) is 15.1. The lowest BCUT2D eigenvalue weighted by Gasteiger charge is -2.12. The lowest BCUT2D eigenvalue weighted by Crippen LogP contribution is -2.23. The molecule has 0 aromatic heterocycles. The van der Waals surface area contributed by atoms with E-state index < -0.39 is 0 Å². The van der Waals surface area contributed by atoms with Crippen LogP contribution in [-0.2, 0) is 11.2 Å². The van der Waals surface area contributed by atoms with E-state index in [4.69, 9.17) is 23.7 Å². The Bertz CT molecular complexity index is 894. The molecule has 0 saturated heterocycles. The van der Waals surface area contributed by atoms with Gasteiger partial charge in [0.1, 0.15) is 5.75 Å². The number of carbonyl (C=O) groups excluding carboxylic acids is 1. The summed E-state index contributed by atoms with van der Waals surface area (Å²) in [5.41, 5.74) is 1.76. The van der Waals surface area contributed by atoms with Gasteiger partial charge in [-0.15, -0.1) is 0 Å². The summed E-state index contributed by atoms with van der Waals surface area (Å²) in [4.78, 5) is 12.3. The molecule has 0 atom stereocenters. The third-order valence-electron chi connectivity index (χ3n) is 4.47. The zero-order chi connectivity index (χ0) is 22.6. The Hall–Kier alpha value is -3.35. The summed E-state index contributed by atoms with van der Waals surface area (Å²) in [7, 11) is 4.68. The molecule has 0 radical (unpaired) electrons. The van der Waals surface area contributed by atoms with Gasteiger partial charge in [0.05, 0.1) is 34.5 Å². The molecule has 1 amide bonds. The van der Waals surface area contributed by atoms with Crippen LogP contribution < -0.4 is 29.0 Å². The Balaban J connectivity index is 1.98. The second-order valence-electron chi connectivity index (χ2n) is 6.47. The van der Waals surface area contributed by atoms with E-state index in [-0.39, 0.29) is 5.91 Å². The van der Waals surface area contributed by atoms with Crippen LogP contribution in [0.4, 0.5) is 0 Å². The minimum atomic E-state index is -0.201. The van der Waals surface area contributed by atoms with Crippen LogP contribution in [0.5, 0.6) is 28.7 Å². The molecule has 0 aliphatic rings. The SMILES string of the molecule is CCOc1ccc(CCNC(=O)/C=C/c2cc(OC)c(OC)cc2OC)cc1OCC. The fraction of sp³-hybridized carbons (Fsp3) is 0.375. The number of hydrogen-bond acceptors (Lipinski definition) is 6. The first-order valence-corrected chi connectivity index (χ1v) is 10.2. The van der Waals surface area contributed by atoms with Crippen molar-refractivity contribution < 1.29 is 28.5 Å². The molecule has 0 fully saturated rings. The van der Waals surface area contributed by atoms with Crippen molar-refractivity contribution in [2.24, 2.45) is 0 Å². The van der Waals surface area contributed by atoms with Crippen LogP contribution in [0.1, 0.15) is 25.0 Å². The standard InChI is InChI=1S/C24H31NO6/c1-6-30-19-10-8-17(14-23(19)31-7-2)12-13-25-24(26)11-9-18-15-21(28-4)22(29-5)16-20(18)27-3/h8-11,14-16H,6-7,12-13H2,1-5H3,(H,25,26)/b11-9+. The minimum Gasteiger partial charge on any atom is -0.496 e. The van der Waals surface area contributed by atoms with E-state index in [1.807, 2.05) is 32.0 Å². The highest BCUT2D eigenvalue weighted by Crippen LogP contribution is 2.35. The minimum absolute atomic E-state index is 0.201. The van der Waals surface area contributed by atoms with E-state index >= 15 is 0 Å². The number of benzene rings is 2. The molecule has 2 aromatic carbocycles. The second-order valence-corrected chi connectivity index (χ2v) is 6.47. The number of methoxy groups -OCH3 is 3. The quantitative estimate of drug-likeness (QED) is 0.516. The lowest BCUT2D eigenvalue weighted by molar-refractivity contribution is -0.116. The topological polar surface area (TPSA) is 75.3 Å². The Kier molecular flexibility index (Phi) is 9.55. The Morgan fingerprint density at radius 2 is 1.48 bits per heavy atom. The molecule has 168 valence electrons. The van der Waals surface area contributed by atoms with Gasteiger partial charge in [-0.1, -0.05) is 6.07 Å². The number of hydrogen-bond donors (Lipinski definition) is 1. The highest BCUT2D eigenvalue weighted by atomic mass is 16.5. The number of amides is 1. The molecular formula is C24H31NO6. The molecule has 0 unspecified atom stereocenters. The van der Waals surface area contributed by atoms with Gasteiger partial charge < -0.3 is 29.0 Å². The lowest BCUT2D eigenvalue weighted by atomic mass is 10.1. The molecule has 7 heteroatoms. The normalized spacial score (nSPS) is 10.6. The van der Waals surface area contributed by atoms with Crippen LogP contribution in [0.2, 0.25) is 0 Å². The summed E-state index contributed by atoms with van der Waals surface area (Å²) in [6.07, 6.45) is 3.82. The number of nitrogens with one attached hydrogen (secondary N) is 1. The van der Waals surface area contributed by atoms with Gasteiger partial charge in [0.2, 0.25) is 5.91 Å². The van der Waals surface area contributed by atoms with E-state index in [2.05, 4.69) is 5.32 Å². The van der Waals surface area contributed by atoms with Crippen LogP contribution in [0, 0.1) is 0 Å². The average Bonchev–Trinajstić information content (AvgIpc) is 2.78. The number of carbonyl (C=O) groups is 1. The van der Waals surface area contributed by atoms with Gasteiger partial charge in [-0.2, -0.15) is 0 Å². The predicted octanol–water partition coefficient (Wildman–Crippen LogP) is 3.88. The summed E-state index contributed by atoms with van der Waals surface area (Å²) < 4.78 is 27.2. The summed E-state index contributed by atoms with van der Waals surface area (Å²) in [5.74, 6) is 2.94. The molecule has 1 N–H and O–H groups in total. The molecule has 0 heterocycles. The summed E-state index contributed by atoms with van der Waals surface area (Å²) in [6.45, 7) is 5.50. The molecule has 0 aliphatic carbocycles. The number of rotatable bonds is 12. The number of ether oxygens (including phenoxy) is 5. The van der Waals surface area contributed by atoms with Crippen molar-refractivity contribution in [1.82, 2.24) is 5.32 Å². The Morgan fingerprint density at radius 3 is 2.13 bits per heavy atom. The summed E-state index contributed by atoms with van der Waals surface area (Å²) in [6, 6.07) is 9.30. The fourth-order valence-corrected chi connectivity index (χ4v) is 2.99. The Labute approximate surface area is 183 Å². The molecule has 0 aliphatic heterocycles. The van der Waals surface area contributed by atoms with E-state index in [0.29, 0.717) is 54.7 Å². The van der Waals surface area contributed by atoms with Crippen LogP contribution in [0.25, 0.3) is 6.08 Å². The first-order valence-electron chi connectivity index (χ1n) is 10.2. The van der Waals surface area contributed by atoms with Gasteiger partial charge in [-0.05, 0) is 50.1 Å². The van der Waals surface area contributed by atoms with E-state index in [1.165, 1.54) is 6.08 Å². The molecule has 2 rings (SSSR count). The van der Waals surface area contributed by atoms with Crippen LogP contribution >= 0.6 is 0 Å². The summed E-state index contributed by atoms with van der Waals surface area (Å²) >= 11 is 0. The van der Waals surface area contributed by atoms with Gasteiger partial charge in [-0.25, -0.2) is 0 Å². The average molecular weight is 430 g/mol. The highest BCUT2D eigenvalue weighted by Gasteiger charge is 2.10. The smallest absolute Gasteiger partial charge is 0.244 e. The van der Waals surface area contributed by atoms with Crippen molar-refractivity contribution in [2.45, 2.75) is 20.3 Å². The van der Waals surface area contributed by atoms with Gasteiger partial charge in [0.25, 0.3) is 0 Å². The zero-order valence-electron chi connectivity index (χ0n) is 18.8. The van der Waals surface area contributed by atoms with Gasteiger partial charge in [0, 0.05) is 24.3 Å². The zero-order valence-corrected chi connectivity index (χ0v) is 18.8. The molecule has 31 heavy (non-hydrogen) atoms. The predicted molar refractivity (Wildman–Crippen MR) is 121 cm³/mol. The second kappa shape index (κ2) is 12.4. The van der Waals surface area contributed by atoms with Crippen molar-refractivity contribution in [1.29, 1.82) is 0 Å². The van der Waals surface area contributed by atoms with Crippen molar-refractivity contribution in [3.63, 3.8) is 0 Å². The third-order valence-corrected chi connectivity index (χ3v) is 4.47. The van der Waals surface area contributed by atoms with Crippen molar-refractivity contribution >= 4 is 12.0 Å². The largest absolute Gasteiger partial charge is 0.496 e. The molecule has 2 aromatic rings. The molecule has 0 spiro atoms. The van der Waals surface area contributed by atoms with Crippen LogP contribution in [0.15, 0.2) is 36.4 Å². The van der Waals surface area contributed by atoms with Gasteiger partial charge in [-0.3, -0.25) is 4.79 Å². The van der Waals surface area contributed by atoms with Gasteiger partial charge >= 0.3 is 0 Å².